The van der Waals surface area contributed by atoms with Crippen LogP contribution in [0.2, 0.25) is 0 Å². The normalized spacial score (nSPS) is 13.1. The number of aliphatic carboxylic acids is 1. The Labute approximate surface area is 86.3 Å². The number of nitrogens with one attached hydrogen (secondary N) is 1. The number of carboxylic acids is 1. The van der Waals surface area contributed by atoms with Crippen LogP contribution in [0.15, 0.2) is 0 Å². The van der Waals surface area contributed by atoms with E-state index in [2.05, 4.69) is 24.2 Å². The van der Waals surface area contributed by atoms with E-state index in [-0.39, 0.29) is 12.5 Å². The predicted molar refractivity (Wildman–Crippen MR) is 57.5 cm³/mol. The topological polar surface area (TPSA) is 52.6 Å². The first kappa shape index (κ1) is 13.4. The molecule has 2 N–H and O–H groups in total. The lowest BCUT2D eigenvalue weighted by molar-refractivity contribution is -0.137. The van der Waals surface area contributed by atoms with Crippen LogP contribution in [0, 0.1) is 0 Å². The summed E-state index contributed by atoms with van der Waals surface area (Å²) < 4.78 is 0. The number of nitrogens with zero attached hydrogens (tertiary/aromatic N) is 1. The molecule has 0 bridgehead atoms. The largest absolute Gasteiger partial charge is 0.481 e. The molecule has 0 spiro atoms. The number of hydrogen-bond acceptors (Lipinski definition) is 3. The summed E-state index contributed by atoms with van der Waals surface area (Å²) in [7, 11) is 2.07. The van der Waals surface area contributed by atoms with Crippen molar-refractivity contribution in [2.24, 2.45) is 0 Å². The van der Waals surface area contributed by atoms with Crippen LogP contribution in [0.25, 0.3) is 0 Å². The summed E-state index contributed by atoms with van der Waals surface area (Å²) in [4.78, 5) is 12.5. The molecule has 0 saturated heterocycles. The number of carboxylic acid groups (broad SMARTS) is 1. The van der Waals surface area contributed by atoms with Gasteiger partial charge >= 0.3 is 5.97 Å². The highest BCUT2D eigenvalue weighted by Gasteiger charge is 2.04. The van der Waals surface area contributed by atoms with Crippen LogP contribution < -0.4 is 5.32 Å². The molecule has 0 fully saturated rings. The maximum Gasteiger partial charge on any atom is 0.303 e. The second-order valence-electron chi connectivity index (χ2n) is 3.68. The van der Waals surface area contributed by atoms with E-state index in [9.17, 15) is 4.79 Å². The van der Waals surface area contributed by atoms with Gasteiger partial charge in [0.1, 0.15) is 0 Å². The standard InChI is InChI=1S/C10H22N2O2/c1-4-12(3)8-7-11-9(2)5-6-10(13)14/h9,11H,4-8H2,1-3H3,(H,13,14). The zero-order valence-electron chi connectivity index (χ0n) is 9.42. The van der Waals surface area contributed by atoms with Crippen LogP contribution in [-0.2, 0) is 4.79 Å². The Morgan fingerprint density at radius 3 is 2.71 bits per heavy atom. The summed E-state index contributed by atoms with van der Waals surface area (Å²) in [5.74, 6) is -0.718. The molecule has 0 amide bonds. The van der Waals surface area contributed by atoms with Gasteiger partial charge in [-0.25, -0.2) is 0 Å². The lowest BCUT2D eigenvalue weighted by Crippen LogP contribution is -2.34. The monoisotopic (exact) mass is 202 g/mol. The molecule has 0 aromatic carbocycles. The summed E-state index contributed by atoms with van der Waals surface area (Å²) in [5, 5.41) is 11.8. The van der Waals surface area contributed by atoms with Gasteiger partial charge < -0.3 is 15.3 Å². The molecule has 4 nitrogen and oxygen atoms in total. The quantitative estimate of drug-likeness (QED) is 0.611. The van der Waals surface area contributed by atoms with Crippen molar-refractivity contribution >= 4 is 5.97 Å². The molecule has 0 aliphatic heterocycles. The van der Waals surface area contributed by atoms with E-state index >= 15 is 0 Å². The highest BCUT2D eigenvalue weighted by atomic mass is 16.4. The fourth-order valence-electron chi connectivity index (χ4n) is 1.10. The molecule has 1 unspecified atom stereocenters. The molecule has 84 valence electrons. The lowest BCUT2D eigenvalue weighted by Gasteiger charge is -2.17. The van der Waals surface area contributed by atoms with E-state index in [0.717, 1.165) is 19.6 Å². The molecule has 14 heavy (non-hydrogen) atoms. The number of carbonyl (C=O) groups is 1. The van der Waals surface area contributed by atoms with Gasteiger partial charge in [0.25, 0.3) is 0 Å². The Bertz CT molecular complexity index is 162. The molecular weight excluding hydrogens is 180 g/mol. The lowest BCUT2D eigenvalue weighted by atomic mass is 10.2. The fourth-order valence-corrected chi connectivity index (χ4v) is 1.10. The van der Waals surface area contributed by atoms with Gasteiger partial charge in [0, 0.05) is 25.6 Å². The van der Waals surface area contributed by atoms with Crippen molar-refractivity contribution in [3.63, 3.8) is 0 Å². The van der Waals surface area contributed by atoms with Gasteiger partial charge in [-0.2, -0.15) is 0 Å². The average molecular weight is 202 g/mol. The second kappa shape index (κ2) is 7.76. The first-order valence-corrected chi connectivity index (χ1v) is 5.20. The minimum Gasteiger partial charge on any atom is -0.481 e. The Morgan fingerprint density at radius 1 is 1.57 bits per heavy atom. The zero-order valence-corrected chi connectivity index (χ0v) is 9.42. The van der Waals surface area contributed by atoms with Gasteiger partial charge in [-0.3, -0.25) is 4.79 Å². The molecule has 0 heterocycles. The van der Waals surface area contributed by atoms with Gasteiger partial charge in [-0.05, 0) is 26.9 Å². The number of likely N-dealkylation sites (N-methyl/N-ethyl adjacent to an activating group) is 1. The molecule has 4 heteroatoms. The van der Waals surface area contributed by atoms with Gasteiger partial charge in [0.15, 0.2) is 0 Å². The average Bonchev–Trinajstić information content (AvgIpc) is 2.14. The summed E-state index contributed by atoms with van der Waals surface area (Å²) >= 11 is 0. The molecule has 0 saturated carbocycles. The molecule has 0 aromatic heterocycles. The minimum absolute atomic E-state index is 0.248. The maximum atomic E-state index is 10.3. The summed E-state index contributed by atoms with van der Waals surface area (Å²) in [6, 6.07) is 0.288. The van der Waals surface area contributed by atoms with Crippen LogP contribution in [0.3, 0.4) is 0 Å². The Morgan fingerprint density at radius 2 is 2.21 bits per heavy atom. The van der Waals surface area contributed by atoms with Crippen molar-refractivity contribution < 1.29 is 9.90 Å². The second-order valence-corrected chi connectivity index (χ2v) is 3.68. The fraction of sp³-hybridized carbons (Fsp3) is 0.900. The van der Waals surface area contributed by atoms with E-state index in [0.29, 0.717) is 6.42 Å². The van der Waals surface area contributed by atoms with Gasteiger partial charge in [-0.15, -0.1) is 0 Å². The number of hydrogen-bond donors (Lipinski definition) is 2. The smallest absolute Gasteiger partial charge is 0.303 e. The van der Waals surface area contributed by atoms with Crippen LogP contribution >= 0.6 is 0 Å². The van der Waals surface area contributed by atoms with E-state index < -0.39 is 5.97 Å². The van der Waals surface area contributed by atoms with E-state index in [1.54, 1.807) is 0 Å². The molecule has 0 aliphatic carbocycles. The summed E-state index contributed by atoms with van der Waals surface area (Å²) in [5.41, 5.74) is 0. The highest BCUT2D eigenvalue weighted by Crippen LogP contribution is 1.95. The van der Waals surface area contributed by atoms with Crippen LogP contribution in [0.4, 0.5) is 0 Å². The van der Waals surface area contributed by atoms with E-state index in [1.807, 2.05) is 6.92 Å². The van der Waals surface area contributed by atoms with Gasteiger partial charge in [-0.1, -0.05) is 6.92 Å². The first-order valence-electron chi connectivity index (χ1n) is 5.20. The van der Waals surface area contributed by atoms with Crippen molar-refractivity contribution in [3.8, 4) is 0 Å². The molecular formula is C10H22N2O2. The zero-order chi connectivity index (χ0) is 11.0. The molecule has 1 atom stereocenters. The van der Waals surface area contributed by atoms with Crippen LogP contribution in [-0.4, -0.2) is 48.7 Å². The SMILES string of the molecule is CCN(C)CCNC(C)CCC(=O)O. The van der Waals surface area contributed by atoms with Gasteiger partial charge in [0.2, 0.25) is 0 Å². The van der Waals surface area contributed by atoms with E-state index in [4.69, 9.17) is 5.11 Å². The van der Waals surface area contributed by atoms with Crippen molar-refractivity contribution in [1.29, 1.82) is 0 Å². The predicted octanol–water partition coefficient (Wildman–Crippen LogP) is 0.781. The van der Waals surface area contributed by atoms with Crippen molar-refractivity contribution in [1.82, 2.24) is 10.2 Å². The molecule has 0 aromatic rings. The third-order valence-electron chi connectivity index (χ3n) is 2.32. The third-order valence-corrected chi connectivity index (χ3v) is 2.32. The molecule has 0 radical (unpaired) electrons. The van der Waals surface area contributed by atoms with Gasteiger partial charge in [0.05, 0.1) is 0 Å². The Kier molecular flexibility index (Phi) is 7.42. The number of rotatable bonds is 8. The van der Waals surface area contributed by atoms with Crippen molar-refractivity contribution in [2.45, 2.75) is 32.7 Å². The highest BCUT2D eigenvalue weighted by molar-refractivity contribution is 5.66. The molecule has 0 rings (SSSR count). The van der Waals surface area contributed by atoms with E-state index in [1.165, 1.54) is 0 Å². The van der Waals surface area contributed by atoms with Crippen LogP contribution in [0.1, 0.15) is 26.7 Å². The third kappa shape index (κ3) is 8.01. The Balaban J connectivity index is 3.35. The maximum absolute atomic E-state index is 10.3. The summed E-state index contributed by atoms with van der Waals surface area (Å²) in [6.45, 7) is 7.12. The van der Waals surface area contributed by atoms with Crippen LogP contribution in [0.5, 0.6) is 0 Å². The Hall–Kier alpha value is -0.610. The van der Waals surface area contributed by atoms with Crippen molar-refractivity contribution in [2.75, 3.05) is 26.7 Å². The minimum atomic E-state index is -0.718. The molecule has 0 aliphatic rings. The summed E-state index contributed by atoms with van der Waals surface area (Å²) in [6.07, 6.45) is 0.947. The first-order chi connectivity index (χ1) is 6.56. The van der Waals surface area contributed by atoms with Crippen molar-refractivity contribution in [3.05, 3.63) is 0 Å².